The molecule has 90 valence electrons. The molecule has 0 saturated heterocycles. The molecule has 0 aromatic rings. The average Bonchev–Trinajstić information content (AvgIpc) is 2.75. The van der Waals surface area contributed by atoms with Gasteiger partial charge in [0.1, 0.15) is 0 Å². The van der Waals surface area contributed by atoms with E-state index in [2.05, 4.69) is 12.2 Å². The van der Waals surface area contributed by atoms with Crippen LogP contribution in [0.25, 0.3) is 0 Å². The van der Waals surface area contributed by atoms with Crippen molar-refractivity contribution in [1.29, 1.82) is 0 Å². The van der Waals surface area contributed by atoms with Crippen molar-refractivity contribution >= 4 is 0 Å². The zero-order valence-corrected chi connectivity index (χ0v) is 10.4. The summed E-state index contributed by atoms with van der Waals surface area (Å²) in [5, 5.41) is 3.65. The Labute approximate surface area is 94.8 Å². The molecule has 0 radical (unpaired) electrons. The van der Waals surface area contributed by atoms with Crippen LogP contribution in [0.15, 0.2) is 0 Å². The average molecular weight is 213 g/mol. The van der Waals surface area contributed by atoms with Gasteiger partial charge in [-0.3, -0.25) is 0 Å². The summed E-state index contributed by atoms with van der Waals surface area (Å²) in [5.41, 5.74) is 0. The Morgan fingerprint density at radius 1 is 1.27 bits per heavy atom. The third-order valence-corrected chi connectivity index (χ3v) is 3.44. The molecule has 2 nitrogen and oxygen atoms in total. The van der Waals surface area contributed by atoms with Gasteiger partial charge < -0.3 is 10.1 Å². The van der Waals surface area contributed by atoms with Gasteiger partial charge in [0, 0.05) is 13.2 Å². The van der Waals surface area contributed by atoms with Crippen LogP contribution in [-0.2, 0) is 4.74 Å². The van der Waals surface area contributed by atoms with Crippen molar-refractivity contribution in [2.24, 2.45) is 0 Å². The molecular weight excluding hydrogens is 186 g/mol. The first-order valence-electron chi connectivity index (χ1n) is 6.63. The van der Waals surface area contributed by atoms with Crippen molar-refractivity contribution < 1.29 is 4.74 Å². The second-order valence-corrected chi connectivity index (χ2v) is 4.72. The highest BCUT2D eigenvalue weighted by Gasteiger charge is 2.13. The van der Waals surface area contributed by atoms with E-state index in [0.29, 0.717) is 6.10 Å². The minimum Gasteiger partial charge on any atom is -0.381 e. The summed E-state index contributed by atoms with van der Waals surface area (Å²) in [7, 11) is 1.84. The second-order valence-electron chi connectivity index (χ2n) is 4.72. The zero-order valence-electron chi connectivity index (χ0n) is 10.4. The lowest BCUT2D eigenvalue weighted by Crippen LogP contribution is -2.27. The Hall–Kier alpha value is -0.0800. The Morgan fingerprint density at radius 2 is 2.00 bits per heavy atom. The highest BCUT2D eigenvalue weighted by molar-refractivity contribution is 4.73. The molecule has 1 aliphatic rings. The monoisotopic (exact) mass is 213 g/mol. The van der Waals surface area contributed by atoms with Gasteiger partial charge in [-0.05, 0) is 38.6 Å². The predicted molar refractivity (Wildman–Crippen MR) is 65.2 cm³/mol. The van der Waals surface area contributed by atoms with E-state index in [1.807, 2.05) is 7.11 Å². The molecule has 0 aromatic carbocycles. The fourth-order valence-corrected chi connectivity index (χ4v) is 2.47. The van der Waals surface area contributed by atoms with Crippen molar-refractivity contribution in [2.75, 3.05) is 13.7 Å². The molecule has 1 fully saturated rings. The molecular formula is C13H27NO. The third-order valence-electron chi connectivity index (χ3n) is 3.44. The van der Waals surface area contributed by atoms with Crippen LogP contribution >= 0.6 is 0 Å². The SMILES string of the molecule is CCCC(CCCNC1CCCC1)OC. The fraction of sp³-hybridized carbons (Fsp3) is 1.00. The molecule has 0 bridgehead atoms. The van der Waals surface area contributed by atoms with Gasteiger partial charge >= 0.3 is 0 Å². The fourth-order valence-electron chi connectivity index (χ4n) is 2.47. The number of rotatable bonds is 8. The molecule has 0 heterocycles. The van der Waals surface area contributed by atoms with Gasteiger partial charge in [-0.2, -0.15) is 0 Å². The van der Waals surface area contributed by atoms with Crippen molar-refractivity contribution in [3.05, 3.63) is 0 Å². The summed E-state index contributed by atoms with van der Waals surface area (Å²) in [5.74, 6) is 0. The van der Waals surface area contributed by atoms with Gasteiger partial charge in [0.2, 0.25) is 0 Å². The number of ether oxygens (including phenoxy) is 1. The van der Waals surface area contributed by atoms with Gasteiger partial charge in [0.25, 0.3) is 0 Å². The summed E-state index contributed by atoms with van der Waals surface area (Å²) >= 11 is 0. The second kappa shape index (κ2) is 8.12. The molecule has 0 aromatic heterocycles. The minimum absolute atomic E-state index is 0.486. The maximum absolute atomic E-state index is 5.43. The molecule has 2 heteroatoms. The van der Waals surface area contributed by atoms with Crippen molar-refractivity contribution in [3.63, 3.8) is 0 Å². The van der Waals surface area contributed by atoms with Gasteiger partial charge in [-0.1, -0.05) is 26.2 Å². The largest absolute Gasteiger partial charge is 0.381 e. The van der Waals surface area contributed by atoms with Crippen LogP contribution in [0.5, 0.6) is 0 Å². The van der Waals surface area contributed by atoms with Crippen LogP contribution < -0.4 is 5.32 Å². The van der Waals surface area contributed by atoms with E-state index in [4.69, 9.17) is 4.74 Å². The van der Waals surface area contributed by atoms with Gasteiger partial charge in [0.15, 0.2) is 0 Å². The van der Waals surface area contributed by atoms with Crippen LogP contribution in [0.3, 0.4) is 0 Å². The Bertz CT molecular complexity index is 143. The molecule has 1 aliphatic carbocycles. The molecule has 1 unspecified atom stereocenters. The van der Waals surface area contributed by atoms with Crippen LogP contribution in [0.1, 0.15) is 58.3 Å². The first-order valence-corrected chi connectivity index (χ1v) is 6.63. The van der Waals surface area contributed by atoms with Gasteiger partial charge in [0.05, 0.1) is 6.10 Å². The predicted octanol–water partition coefficient (Wildman–Crippen LogP) is 3.11. The molecule has 15 heavy (non-hydrogen) atoms. The van der Waals surface area contributed by atoms with Gasteiger partial charge in [-0.25, -0.2) is 0 Å². The topological polar surface area (TPSA) is 21.3 Å². The van der Waals surface area contributed by atoms with E-state index in [-0.39, 0.29) is 0 Å². The quantitative estimate of drug-likeness (QED) is 0.626. The maximum Gasteiger partial charge on any atom is 0.0571 e. The maximum atomic E-state index is 5.43. The first kappa shape index (κ1) is 13.0. The highest BCUT2D eigenvalue weighted by atomic mass is 16.5. The summed E-state index contributed by atoms with van der Waals surface area (Å²) < 4.78 is 5.43. The number of hydrogen-bond donors (Lipinski definition) is 1. The lowest BCUT2D eigenvalue weighted by molar-refractivity contribution is 0.0854. The number of nitrogens with one attached hydrogen (secondary N) is 1. The molecule has 0 aliphatic heterocycles. The summed E-state index contributed by atoms with van der Waals surface area (Å²) in [6.07, 6.45) is 11.0. The summed E-state index contributed by atoms with van der Waals surface area (Å²) in [6, 6.07) is 0.817. The lowest BCUT2D eigenvalue weighted by atomic mass is 10.1. The van der Waals surface area contributed by atoms with E-state index < -0.39 is 0 Å². The molecule has 0 spiro atoms. The lowest BCUT2D eigenvalue weighted by Gasteiger charge is -2.16. The van der Waals surface area contributed by atoms with Crippen molar-refractivity contribution in [3.8, 4) is 0 Å². The van der Waals surface area contributed by atoms with Crippen LogP contribution in [0, 0.1) is 0 Å². The Kier molecular flexibility index (Phi) is 7.03. The van der Waals surface area contributed by atoms with E-state index in [9.17, 15) is 0 Å². The van der Waals surface area contributed by atoms with E-state index in [0.717, 1.165) is 6.04 Å². The highest BCUT2D eigenvalue weighted by Crippen LogP contribution is 2.17. The van der Waals surface area contributed by atoms with Crippen LogP contribution in [0.2, 0.25) is 0 Å². The van der Waals surface area contributed by atoms with E-state index in [1.54, 1.807) is 0 Å². The van der Waals surface area contributed by atoms with Crippen molar-refractivity contribution in [2.45, 2.75) is 70.4 Å². The minimum atomic E-state index is 0.486. The molecule has 1 atom stereocenters. The van der Waals surface area contributed by atoms with E-state index in [1.165, 1.54) is 57.9 Å². The van der Waals surface area contributed by atoms with E-state index >= 15 is 0 Å². The van der Waals surface area contributed by atoms with Gasteiger partial charge in [-0.15, -0.1) is 0 Å². The third kappa shape index (κ3) is 5.53. The first-order chi connectivity index (χ1) is 7.36. The Morgan fingerprint density at radius 3 is 2.60 bits per heavy atom. The number of methoxy groups -OCH3 is 1. The Balaban J connectivity index is 1.94. The van der Waals surface area contributed by atoms with Crippen LogP contribution in [0.4, 0.5) is 0 Å². The normalized spacial score (nSPS) is 19.6. The summed E-state index contributed by atoms with van der Waals surface area (Å²) in [4.78, 5) is 0. The molecule has 0 amide bonds. The summed E-state index contributed by atoms with van der Waals surface area (Å²) in [6.45, 7) is 3.40. The standard InChI is InChI=1S/C13H27NO/c1-3-7-13(15-2)10-6-11-14-12-8-4-5-9-12/h12-14H,3-11H2,1-2H3. The molecule has 1 N–H and O–H groups in total. The molecule has 1 saturated carbocycles. The molecule has 1 rings (SSSR count). The zero-order chi connectivity index (χ0) is 10.9. The van der Waals surface area contributed by atoms with Crippen molar-refractivity contribution in [1.82, 2.24) is 5.32 Å². The smallest absolute Gasteiger partial charge is 0.0571 e. The number of hydrogen-bond acceptors (Lipinski definition) is 2. The van der Waals surface area contributed by atoms with Crippen LogP contribution in [-0.4, -0.2) is 25.8 Å².